The number of nitrogens with one attached hydrogen (secondary N) is 1. The van der Waals surface area contributed by atoms with Crippen LogP contribution in [-0.2, 0) is 0 Å². The molecule has 2 aromatic rings. The maximum atomic E-state index is 3.32. The number of rotatable bonds is 1. The molecule has 64 valence electrons. The summed E-state index contributed by atoms with van der Waals surface area (Å²) in [6.07, 6.45) is 0. The van der Waals surface area contributed by atoms with E-state index in [-0.39, 0.29) is 0 Å². The van der Waals surface area contributed by atoms with E-state index in [2.05, 4.69) is 47.8 Å². The second kappa shape index (κ2) is 2.57. The van der Waals surface area contributed by atoms with Crippen LogP contribution in [0.3, 0.4) is 0 Å². The Morgan fingerprint density at radius 1 is 1.00 bits per heavy atom. The van der Waals surface area contributed by atoms with E-state index in [4.69, 9.17) is 0 Å². The van der Waals surface area contributed by atoms with Crippen molar-refractivity contribution in [2.24, 2.45) is 0 Å². The third-order valence-corrected chi connectivity index (χ3v) is 2.58. The molecule has 1 atom stereocenters. The molecular formula is C12H11N. The van der Waals surface area contributed by atoms with Crippen LogP contribution in [0.5, 0.6) is 0 Å². The van der Waals surface area contributed by atoms with Crippen LogP contribution in [0.25, 0.3) is 10.8 Å². The fourth-order valence-corrected chi connectivity index (χ4v) is 1.72. The second-order valence-electron chi connectivity index (χ2n) is 3.57. The number of hydrogen-bond donors (Lipinski definition) is 1. The molecule has 0 radical (unpaired) electrons. The van der Waals surface area contributed by atoms with Gasteiger partial charge in [-0.2, -0.15) is 0 Å². The van der Waals surface area contributed by atoms with Crippen molar-refractivity contribution in [2.75, 3.05) is 6.54 Å². The highest BCUT2D eigenvalue weighted by Gasteiger charge is 2.21. The lowest BCUT2D eigenvalue weighted by molar-refractivity contribution is 1.08. The molecule has 1 nitrogen and oxygen atoms in total. The predicted molar refractivity (Wildman–Crippen MR) is 54.7 cm³/mol. The maximum absolute atomic E-state index is 3.32. The molecule has 0 saturated carbocycles. The van der Waals surface area contributed by atoms with E-state index >= 15 is 0 Å². The molecule has 1 aliphatic heterocycles. The Hall–Kier alpha value is -1.34. The Morgan fingerprint density at radius 3 is 2.54 bits per heavy atom. The van der Waals surface area contributed by atoms with Crippen molar-refractivity contribution >= 4 is 10.8 Å². The molecule has 0 spiro atoms. The van der Waals surface area contributed by atoms with E-state index < -0.39 is 0 Å². The first-order valence-corrected chi connectivity index (χ1v) is 4.65. The van der Waals surface area contributed by atoms with Crippen molar-refractivity contribution in [1.82, 2.24) is 5.32 Å². The molecule has 13 heavy (non-hydrogen) atoms. The van der Waals surface area contributed by atoms with Gasteiger partial charge in [0, 0.05) is 12.6 Å². The lowest BCUT2D eigenvalue weighted by Crippen LogP contribution is -1.83. The zero-order chi connectivity index (χ0) is 8.67. The average molecular weight is 170 g/mol. The van der Waals surface area contributed by atoms with Crippen molar-refractivity contribution in [3.63, 3.8) is 0 Å². The van der Waals surface area contributed by atoms with E-state index in [1.54, 1.807) is 0 Å². The van der Waals surface area contributed by atoms with Crippen molar-refractivity contribution in [3.8, 4) is 0 Å². The third kappa shape index (κ3) is 1.21. The van der Waals surface area contributed by atoms with Crippen LogP contribution >= 0.6 is 0 Å². The Labute approximate surface area is 77.4 Å². The van der Waals surface area contributed by atoms with Crippen LogP contribution in [0, 0.1) is 0 Å². The highest BCUT2D eigenvalue weighted by molar-refractivity contribution is 5.83. The summed E-state index contributed by atoms with van der Waals surface area (Å²) in [6.45, 7) is 1.14. The molecule has 0 amide bonds. The normalized spacial score (nSPS) is 20.5. The topological polar surface area (TPSA) is 21.9 Å². The Morgan fingerprint density at radius 2 is 1.77 bits per heavy atom. The summed E-state index contributed by atoms with van der Waals surface area (Å²) in [4.78, 5) is 0. The smallest absolute Gasteiger partial charge is 0.0447 e. The second-order valence-corrected chi connectivity index (χ2v) is 3.57. The minimum absolute atomic E-state index is 0.615. The number of fused-ring (bicyclic) bond motifs is 1. The van der Waals surface area contributed by atoms with Crippen LogP contribution < -0.4 is 5.32 Å². The van der Waals surface area contributed by atoms with E-state index in [0.717, 1.165) is 6.54 Å². The fourth-order valence-electron chi connectivity index (χ4n) is 1.72. The maximum Gasteiger partial charge on any atom is 0.0447 e. The lowest BCUT2D eigenvalue weighted by atomic mass is 10.1. The first kappa shape index (κ1) is 7.10. The number of hydrogen-bond acceptors (Lipinski definition) is 1. The van der Waals surface area contributed by atoms with Crippen molar-refractivity contribution < 1.29 is 0 Å². The summed E-state index contributed by atoms with van der Waals surface area (Å²) in [7, 11) is 0. The predicted octanol–water partition coefficient (Wildman–Crippen LogP) is 2.48. The largest absolute Gasteiger partial charge is 0.307 e. The molecule has 2 aromatic carbocycles. The minimum Gasteiger partial charge on any atom is -0.307 e. The highest BCUT2D eigenvalue weighted by atomic mass is 15.8. The van der Waals surface area contributed by atoms with E-state index in [9.17, 15) is 0 Å². The Bertz CT molecular complexity index is 444. The van der Waals surface area contributed by atoms with Crippen LogP contribution in [-0.4, -0.2) is 6.54 Å². The van der Waals surface area contributed by atoms with E-state index in [1.165, 1.54) is 16.3 Å². The Balaban J connectivity index is 2.21. The summed E-state index contributed by atoms with van der Waals surface area (Å²) < 4.78 is 0. The molecule has 1 unspecified atom stereocenters. The van der Waals surface area contributed by atoms with Gasteiger partial charge < -0.3 is 5.32 Å². The summed E-state index contributed by atoms with van der Waals surface area (Å²) in [5.41, 5.74) is 1.42. The minimum atomic E-state index is 0.615. The molecule has 0 bridgehead atoms. The van der Waals surface area contributed by atoms with Crippen LogP contribution in [0.15, 0.2) is 42.5 Å². The summed E-state index contributed by atoms with van der Waals surface area (Å²) in [5, 5.41) is 5.98. The average Bonchev–Trinajstić information content (AvgIpc) is 3.00. The fraction of sp³-hybridized carbons (Fsp3) is 0.167. The monoisotopic (exact) mass is 170 g/mol. The molecule has 0 aliphatic carbocycles. The molecule has 3 rings (SSSR count). The van der Waals surface area contributed by atoms with Crippen molar-refractivity contribution in [3.05, 3.63) is 48.0 Å². The van der Waals surface area contributed by atoms with Crippen LogP contribution in [0.4, 0.5) is 0 Å². The molecule has 0 aromatic heterocycles. The van der Waals surface area contributed by atoms with Gasteiger partial charge in [-0.15, -0.1) is 0 Å². The standard InChI is InChI=1S/C12H11N/c1-2-4-10-7-11(12-8-13-12)6-5-9(10)3-1/h1-7,12-13H,8H2/i13+1. The van der Waals surface area contributed by atoms with Gasteiger partial charge in [0.2, 0.25) is 0 Å². The van der Waals surface area contributed by atoms with Gasteiger partial charge in [-0.3, -0.25) is 0 Å². The van der Waals surface area contributed by atoms with E-state index in [0.29, 0.717) is 6.04 Å². The quantitative estimate of drug-likeness (QED) is 0.515. The zero-order valence-corrected chi connectivity index (χ0v) is 7.33. The van der Waals surface area contributed by atoms with Crippen molar-refractivity contribution in [1.29, 1.82) is 0 Å². The van der Waals surface area contributed by atoms with Gasteiger partial charge >= 0.3 is 0 Å². The molecule has 1 heterocycles. The first-order chi connectivity index (χ1) is 6.43. The van der Waals surface area contributed by atoms with Gasteiger partial charge in [-0.25, -0.2) is 0 Å². The molecular weight excluding hydrogens is 159 g/mol. The first-order valence-electron chi connectivity index (χ1n) is 4.65. The van der Waals surface area contributed by atoms with Gasteiger partial charge in [0.1, 0.15) is 0 Å². The molecule has 1 saturated heterocycles. The third-order valence-electron chi connectivity index (χ3n) is 2.58. The Kier molecular flexibility index (Phi) is 1.41. The zero-order valence-electron chi connectivity index (χ0n) is 7.33. The van der Waals surface area contributed by atoms with Gasteiger partial charge in [0.05, 0.1) is 0 Å². The molecule has 1 aliphatic rings. The molecule has 1 fully saturated rings. The van der Waals surface area contributed by atoms with Gasteiger partial charge in [-0.1, -0.05) is 36.4 Å². The summed E-state index contributed by atoms with van der Waals surface area (Å²) >= 11 is 0. The highest BCUT2D eigenvalue weighted by Crippen LogP contribution is 2.25. The summed E-state index contributed by atoms with van der Waals surface area (Å²) in [6, 6.07) is 15.8. The molecule has 1 heteroatoms. The van der Waals surface area contributed by atoms with E-state index in [1.807, 2.05) is 0 Å². The van der Waals surface area contributed by atoms with Gasteiger partial charge in [0.25, 0.3) is 0 Å². The van der Waals surface area contributed by atoms with Gasteiger partial charge in [-0.05, 0) is 22.4 Å². The van der Waals surface area contributed by atoms with Crippen molar-refractivity contribution in [2.45, 2.75) is 6.04 Å². The van der Waals surface area contributed by atoms with Crippen LogP contribution in [0.2, 0.25) is 0 Å². The summed E-state index contributed by atoms with van der Waals surface area (Å²) in [5.74, 6) is 0. The lowest BCUT2D eigenvalue weighted by Gasteiger charge is -2.00. The molecule has 1 N–H and O–H groups in total. The van der Waals surface area contributed by atoms with Crippen LogP contribution in [0.1, 0.15) is 11.6 Å². The number of benzene rings is 2. The van der Waals surface area contributed by atoms with Gasteiger partial charge in [0.15, 0.2) is 0 Å². The SMILES string of the molecule is c1ccc2cc(C3C[15NH]3)ccc2c1.